The predicted octanol–water partition coefficient (Wildman–Crippen LogP) is 4.36. The molecule has 2 rings (SSSR count). The normalized spacial score (nSPS) is 34.2. The fourth-order valence-electron chi connectivity index (χ4n) is 3.44. The quantitative estimate of drug-likeness (QED) is 0.581. The summed E-state index contributed by atoms with van der Waals surface area (Å²) in [6.45, 7) is 2.23. The van der Waals surface area contributed by atoms with Gasteiger partial charge in [-0.3, -0.25) is 0 Å². The average Bonchev–Trinajstić information content (AvgIpc) is 2.17. The molecule has 2 fully saturated rings. The molecule has 2 atom stereocenters. The molecule has 2 saturated carbocycles. The van der Waals surface area contributed by atoms with Gasteiger partial charge in [-0.1, -0.05) is 26.2 Å². The number of hydrogen-bond acceptors (Lipinski definition) is 0. The van der Waals surface area contributed by atoms with Gasteiger partial charge in [0, 0.05) is 5.38 Å². The van der Waals surface area contributed by atoms with Crippen molar-refractivity contribution in [3.05, 3.63) is 0 Å². The van der Waals surface area contributed by atoms with Crippen LogP contribution in [-0.4, -0.2) is 5.38 Å². The monoisotopic (exact) mass is 200 g/mol. The maximum Gasteiger partial charge on any atom is 0.0366 e. The van der Waals surface area contributed by atoms with E-state index in [-0.39, 0.29) is 0 Å². The van der Waals surface area contributed by atoms with Crippen LogP contribution >= 0.6 is 11.6 Å². The van der Waals surface area contributed by atoms with Crippen molar-refractivity contribution in [1.82, 2.24) is 0 Å². The molecule has 0 heterocycles. The van der Waals surface area contributed by atoms with E-state index in [4.69, 9.17) is 11.6 Å². The van der Waals surface area contributed by atoms with E-state index in [1.54, 1.807) is 0 Å². The van der Waals surface area contributed by atoms with Gasteiger partial charge in [-0.2, -0.15) is 0 Å². The molecule has 76 valence electrons. The lowest BCUT2D eigenvalue weighted by Gasteiger charge is -2.54. The average molecular weight is 201 g/mol. The van der Waals surface area contributed by atoms with Crippen LogP contribution in [0.2, 0.25) is 0 Å². The van der Waals surface area contributed by atoms with Gasteiger partial charge in [-0.15, -0.1) is 11.6 Å². The summed E-state index contributed by atoms with van der Waals surface area (Å²) >= 11 is 6.39. The van der Waals surface area contributed by atoms with Crippen LogP contribution in [0.25, 0.3) is 0 Å². The molecule has 0 aliphatic heterocycles. The van der Waals surface area contributed by atoms with Crippen LogP contribution in [0.15, 0.2) is 0 Å². The molecule has 0 amide bonds. The molecular formula is C12H21Cl. The third-order valence-electron chi connectivity index (χ3n) is 4.42. The Morgan fingerprint density at radius 2 is 1.92 bits per heavy atom. The van der Waals surface area contributed by atoms with E-state index in [0.717, 1.165) is 12.3 Å². The molecule has 0 N–H and O–H groups in total. The van der Waals surface area contributed by atoms with Crippen LogP contribution in [0.4, 0.5) is 0 Å². The SMILES string of the molecule is CCC(Cl)C1CCC12CCCCC2. The van der Waals surface area contributed by atoms with Crippen molar-refractivity contribution in [2.75, 3.05) is 0 Å². The van der Waals surface area contributed by atoms with Gasteiger partial charge < -0.3 is 0 Å². The van der Waals surface area contributed by atoms with E-state index in [1.807, 2.05) is 0 Å². The summed E-state index contributed by atoms with van der Waals surface area (Å²) in [6, 6.07) is 0. The third-order valence-corrected chi connectivity index (χ3v) is 5.03. The zero-order chi connectivity index (χ0) is 9.31. The maximum absolute atomic E-state index is 6.39. The van der Waals surface area contributed by atoms with Crippen LogP contribution in [0.1, 0.15) is 58.3 Å². The summed E-state index contributed by atoms with van der Waals surface area (Å²) in [5.41, 5.74) is 0.709. The topological polar surface area (TPSA) is 0 Å². The first-order valence-corrected chi connectivity index (χ1v) is 6.36. The van der Waals surface area contributed by atoms with Gasteiger partial charge in [-0.25, -0.2) is 0 Å². The number of alkyl halides is 1. The van der Waals surface area contributed by atoms with Crippen molar-refractivity contribution in [1.29, 1.82) is 0 Å². The summed E-state index contributed by atoms with van der Waals surface area (Å²) in [6.07, 6.45) is 11.4. The van der Waals surface area contributed by atoms with E-state index in [1.165, 1.54) is 44.9 Å². The van der Waals surface area contributed by atoms with Gasteiger partial charge in [0.1, 0.15) is 0 Å². The summed E-state index contributed by atoms with van der Waals surface area (Å²) in [5.74, 6) is 0.861. The Morgan fingerprint density at radius 1 is 1.23 bits per heavy atom. The Hall–Kier alpha value is 0.290. The molecule has 0 aromatic rings. The van der Waals surface area contributed by atoms with Gasteiger partial charge in [0.25, 0.3) is 0 Å². The van der Waals surface area contributed by atoms with Crippen molar-refractivity contribution < 1.29 is 0 Å². The van der Waals surface area contributed by atoms with Crippen LogP contribution in [0.3, 0.4) is 0 Å². The standard InChI is InChI=1S/C12H21Cl/c1-2-11(13)10-6-9-12(10)7-4-3-5-8-12/h10-11H,2-9H2,1H3. The summed E-state index contributed by atoms with van der Waals surface area (Å²) in [5, 5.41) is 0.465. The van der Waals surface area contributed by atoms with Crippen molar-refractivity contribution in [3.63, 3.8) is 0 Å². The molecule has 0 bridgehead atoms. The minimum Gasteiger partial charge on any atom is -0.123 e. The molecule has 0 aromatic heterocycles. The van der Waals surface area contributed by atoms with Crippen molar-refractivity contribution in [2.24, 2.45) is 11.3 Å². The highest BCUT2D eigenvalue weighted by Crippen LogP contribution is 2.58. The third kappa shape index (κ3) is 1.63. The first-order valence-electron chi connectivity index (χ1n) is 5.92. The van der Waals surface area contributed by atoms with E-state index in [0.29, 0.717) is 10.8 Å². The highest BCUT2D eigenvalue weighted by molar-refractivity contribution is 6.20. The number of rotatable bonds is 2. The molecule has 2 aliphatic carbocycles. The lowest BCUT2D eigenvalue weighted by Crippen LogP contribution is -2.46. The summed E-state index contributed by atoms with van der Waals surface area (Å²) < 4.78 is 0. The zero-order valence-electron chi connectivity index (χ0n) is 8.69. The Morgan fingerprint density at radius 3 is 2.38 bits per heavy atom. The van der Waals surface area contributed by atoms with Crippen molar-refractivity contribution in [2.45, 2.75) is 63.7 Å². The Kier molecular flexibility index (Phi) is 2.88. The molecule has 0 nitrogen and oxygen atoms in total. The lowest BCUT2D eigenvalue weighted by atomic mass is 9.53. The van der Waals surface area contributed by atoms with E-state index < -0.39 is 0 Å². The van der Waals surface area contributed by atoms with Crippen LogP contribution in [0.5, 0.6) is 0 Å². The minimum absolute atomic E-state index is 0.465. The Balaban J connectivity index is 1.98. The lowest BCUT2D eigenvalue weighted by molar-refractivity contribution is -0.0118. The maximum atomic E-state index is 6.39. The van der Waals surface area contributed by atoms with Gasteiger partial charge in [0.05, 0.1) is 0 Å². The van der Waals surface area contributed by atoms with Crippen LogP contribution in [-0.2, 0) is 0 Å². The highest BCUT2D eigenvalue weighted by Gasteiger charge is 2.48. The van der Waals surface area contributed by atoms with E-state index >= 15 is 0 Å². The molecule has 0 saturated heterocycles. The molecular weight excluding hydrogens is 180 g/mol. The van der Waals surface area contributed by atoms with E-state index in [9.17, 15) is 0 Å². The summed E-state index contributed by atoms with van der Waals surface area (Å²) in [4.78, 5) is 0. The Bertz CT molecular complexity index is 170. The highest BCUT2D eigenvalue weighted by atomic mass is 35.5. The first kappa shape index (κ1) is 9.83. The molecule has 0 aromatic carbocycles. The van der Waals surface area contributed by atoms with Gasteiger partial charge in [0.15, 0.2) is 0 Å². The first-order chi connectivity index (χ1) is 6.28. The van der Waals surface area contributed by atoms with Crippen molar-refractivity contribution >= 4 is 11.6 Å². The molecule has 0 radical (unpaired) electrons. The Labute approximate surface area is 87.0 Å². The van der Waals surface area contributed by atoms with E-state index in [2.05, 4.69) is 6.92 Å². The van der Waals surface area contributed by atoms with Crippen molar-refractivity contribution in [3.8, 4) is 0 Å². The predicted molar refractivity (Wildman–Crippen MR) is 58.2 cm³/mol. The second-order valence-electron chi connectivity index (χ2n) is 4.99. The minimum atomic E-state index is 0.465. The molecule has 1 heteroatoms. The van der Waals surface area contributed by atoms with Gasteiger partial charge >= 0.3 is 0 Å². The van der Waals surface area contributed by atoms with Gasteiger partial charge in [-0.05, 0) is 43.4 Å². The second kappa shape index (κ2) is 3.81. The fraction of sp³-hybridized carbons (Fsp3) is 1.00. The molecule has 1 spiro atoms. The molecule has 2 unspecified atom stereocenters. The zero-order valence-corrected chi connectivity index (χ0v) is 9.45. The smallest absolute Gasteiger partial charge is 0.0366 e. The second-order valence-corrected chi connectivity index (χ2v) is 5.55. The summed E-state index contributed by atoms with van der Waals surface area (Å²) in [7, 11) is 0. The fourth-order valence-corrected chi connectivity index (χ4v) is 3.84. The molecule has 13 heavy (non-hydrogen) atoms. The van der Waals surface area contributed by atoms with Gasteiger partial charge in [0.2, 0.25) is 0 Å². The molecule has 2 aliphatic rings. The number of halogens is 1. The number of hydrogen-bond donors (Lipinski definition) is 0. The largest absolute Gasteiger partial charge is 0.123 e. The van der Waals surface area contributed by atoms with Crippen LogP contribution < -0.4 is 0 Å². The van der Waals surface area contributed by atoms with Crippen LogP contribution in [0, 0.1) is 11.3 Å².